The summed E-state index contributed by atoms with van der Waals surface area (Å²) in [5, 5.41) is 8.29. The summed E-state index contributed by atoms with van der Waals surface area (Å²) in [5.41, 5.74) is 2.90. The fraction of sp³-hybridized carbons (Fsp3) is 0.545. The molecule has 10 heteroatoms. The summed E-state index contributed by atoms with van der Waals surface area (Å²) in [7, 11) is 0. The van der Waals surface area contributed by atoms with Gasteiger partial charge in [0.2, 0.25) is 11.1 Å². The summed E-state index contributed by atoms with van der Waals surface area (Å²) in [6.07, 6.45) is 2.92. The lowest BCUT2D eigenvalue weighted by atomic mass is 10.1. The van der Waals surface area contributed by atoms with Crippen LogP contribution in [0.5, 0.6) is 0 Å². The van der Waals surface area contributed by atoms with Gasteiger partial charge in [0.1, 0.15) is 11.5 Å². The molecule has 0 spiro atoms. The van der Waals surface area contributed by atoms with Crippen molar-refractivity contribution in [2.45, 2.75) is 44.8 Å². The predicted molar refractivity (Wildman–Crippen MR) is 122 cm³/mol. The number of ether oxygens (including phenoxy) is 1. The van der Waals surface area contributed by atoms with Gasteiger partial charge in [-0.1, -0.05) is 11.8 Å². The molecular weight excluding hydrogens is 428 g/mol. The second-order valence-corrected chi connectivity index (χ2v) is 8.76. The molecule has 1 aliphatic heterocycles. The SMILES string of the molecule is CSc1nc2nc(C)c(CCC(=O)NC[C@H](c3ccc(C)o3)N3CCOCC3)c(C)n2n1. The number of rotatable bonds is 8. The number of aromatic nitrogens is 4. The molecule has 1 amide bonds. The number of hydrogen-bond donors (Lipinski definition) is 1. The van der Waals surface area contributed by atoms with E-state index in [9.17, 15) is 4.79 Å². The van der Waals surface area contributed by atoms with Crippen LogP contribution in [0.3, 0.4) is 0 Å². The number of furan rings is 1. The van der Waals surface area contributed by atoms with Gasteiger partial charge in [-0.15, -0.1) is 5.10 Å². The third-order valence-corrected chi connectivity index (χ3v) is 6.42. The highest BCUT2D eigenvalue weighted by Gasteiger charge is 2.25. The van der Waals surface area contributed by atoms with Crippen LogP contribution in [0.4, 0.5) is 0 Å². The van der Waals surface area contributed by atoms with E-state index in [0.29, 0.717) is 43.5 Å². The van der Waals surface area contributed by atoms with Crippen molar-refractivity contribution in [3.8, 4) is 0 Å². The van der Waals surface area contributed by atoms with Gasteiger partial charge in [-0.2, -0.15) is 4.98 Å². The van der Waals surface area contributed by atoms with Gasteiger partial charge in [0.25, 0.3) is 5.78 Å². The fourth-order valence-electron chi connectivity index (χ4n) is 4.11. The quantitative estimate of drug-likeness (QED) is 0.514. The molecule has 0 aromatic carbocycles. The Morgan fingerprint density at radius 1 is 1.22 bits per heavy atom. The van der Waals surface area contributed by atoms with Gasteiger partial charge in [-0.05, 0) is 51.1 Å². The van der Waals surface area contributed by atoms with Crippen LogP contribution in [0.15, 0.2) is 21.7 Å². The number of thioether (sulfide) groups is 1. The second-order valence-electron chi connectivity index (χ2n) is 7.99. The minimum Gasteiger partial charge on any atom is -0.465 e. The van der Waals surface area contributed by atoms with Crippen molar-refractivity contribution in [2.24, 2.45) is 0 Å². The van der Waals surface area contributed by atoms with E-state index in [1.807, 2.05) is 39.2 Å². The van der Waals surface area contributed by atoms with Crippen LogP contribution >= 0.6 is 11.8 Å². The monoisotopic (exact) mass is 458 g/mol. The summed E-state index contributed by atoms with van der Waals surface area (Å²) < 4.78 is 13.1. The van der Waals surface area contributed by atoms with Crippen LogP contribution in [-0.4, -0.2) is 69.5 Å². The molecular formula is C22H30N6O3S. The Bertz CT molecular complexity index is 1090. The van der Waals surface area contributed by atoms with Crippen molar-refractivity contribution in [3.63, 3.8) is 0 Å². The Morgan fingerprint density at radius 2 is 2.00 bits per heavy atom. The smallest absolute Gasteiger partial charge is 0.253 e. The lowest BCUT2D eigenvalue weighted by Crippen LogP contribution is -2.43. The Morgan fingerprint density at radius 3 is 2.69 bits per heavy atom. The van der Waals surface area contributed by atoms with E-state index in [-0.39, 0.29) is 11.9 Å². The Labute approximate surface area is 191 Å². The molecule has 3 aromatic heterocycles. The summed E-state index contributed by atoms with van der Waals surface area (Å²) in [6, 6.07) is 3.96. The number of morpholine rings is 1. The molecule has 9 nitrogen and oxygen atoms in total. The molecule has 1 N–H and O–H groups in total. The van der Waals surface area contributed by atoms with E-state index in [1.54, 1.807) is 4.52 Å². The molecule has 0 saturated carbocycles. The molecule has 0 unspecified atom stereocenters. The third-order valence-electron chi connectivity index (χ3n) is 5.88. The number of carbonyl (C=O) groups excluding carboxylic acids is 1. The zero-order valence-electron chi connectivity index (χ0n) is 19.1. The minimum absolute atomic E-state index is 0.00171. The van der Waals surface area contributed by atoms with E-state index in [2.05, 4.69) is 25.3 Å². The van der Waals surface area contributed by atoms with E-state index < -0.39 is 0 Å². The van der Waals surface area contributed by atoms with Crippen LogP contribution in [0.25, 0.3) is 5.78 Å². The number of amides is 1. The number of nitrogens with zero attached hydrogens (tertiary/aromatic N) is 5. The average molecular weight is 459 g/mol. The Balaban J connectivity index is 1.40. The molecule has 0 aliphatic carbocycles. The number of hydrogen-bond acceptors (Lipinski definition) is 8. The minimum atomic E-state index is -0.00171. The lowest BCUT2D eigenvalue weighted by molar-refractivity contribution is -0.121. The van der Waals surface area contributed by atoms with Crippen LogP contribution in [0.2, 0.25) is 0 Å². The van der Waals surface area contributed by atoms with Gasteiger partial charge in [0.05, 0.1) is 19.3 Å². The average Bonchev–Trinajstić information content (AvgIpc) is 3.40. The van der Waals surface area contributed by atoms with E-state index in [4.69, 9.17) is 9.15 Å². The van der Waals surface area contributed by atoms with Crippen LogP contribution in [0.1, 0.15) is 40.9 Å². The van der Waals surface area contributed by atoms with E-state index >= 15 is 0 Å². The predicted octanol–water partition coefficient (Wildman–Crippen LogP) is 2.49. The number of fused-ring (bicyclic) bond motifs is 1. The molecule has 1 fully saturated rings. The lowest BCUT2D eigenvalue weighted by Gasteiger charge is -2.33. The van der Waals surface area contributed by atoms with Gasteiger partial charge >= 0.3 is 0 Å². The molecule has 0 bridgehead atoms. The van der Waals surface area contributed by atoms with Gasteiger partial charge in [0, 0.05) is 37.4 Å². The molecule has 3 aromatic rings. The van der Waals surface area contributed by atoms with Crippen molar-refractivity contribution in [2.75, 3.05) is 39.1 Å². The zero-order chi connectivity index (χ0) is 22.7. The molecule has 1 saturated heterocycles. The van der Waals surface area contributed by atoms with Crippen molar-refractivity contribution >= 4 is 23.4 Å². The van der Waals surface area contributed by atoms with Gasteiger partial charge in [0.15, 0.2) is 0 Å². The first-order valence-electron chi connectivity index (χ1n) is 10.9. The number of carbonyl (C=O) groups is 1. The molecule has 4 heterocycles. The van der Waals surface area contributed by atoms with Crippen LogP contribution in [0, 0.1) is 20.8 Å². The zero-order valence-corrected chi connectivity index (χ0v) is 19.9. The van der Waals surface area contributed by atoms with Crippen molar-refractivity contribution < 1.29 is 13.9 Å². The summed E-state index contributed by atoms with van der Waals surface area (Å²) in [5.74, 6) is 2.35. The molecule has 32 heavy (non-hydrogen) atoms. The van der Waals surface area contributed by atoms with Crippen molar-refractivity contribution in [3.05, 3.63) is 40.6 Å². The van der Waals surface area contributed by atoms with Gasteiger partial charge in [-0.25, -0.2) is 9.50 Å². The van der Waals surface area contributed by atoms with E-state index in [1.165, 1.54) is 11.8 Å². The highest BCUT2D eigenvalue weighted by atomic mass is 32.2. The maximum absolute atomic E-state index is 12.7. The van der Waals surface area contributed by atoms with Crippen molar-refractivity contribution in [1.82, 2.24) is 29.8 Å². The first-order valence-corrected chi connectivity index (χ1v) is 12.1. The summed E-state index contributed by atoms with van der Waals surface area (Å²) >= 11 is 1.49. The largest absolute Gasteiger partial charge is 0.465 e. The highest BCUT2D eigenvalue weighted by molar-refractivity contribution is 7.98. The van der Waals surface area contributed by atoms with Crippen molar-refractivity contribution in [1.29, 1.82) is 0 Å². The molecule has 4 rings (SSSR count). The van der Waals surface area contributed by atoms with Crippen LogP contribution < -0.4 is 5.32 Å². The summed E-state index contributed by atoms with van der Waals surface area (Å²) in [6.45, 7) is 9.42. The molecule has 172 valence electrons. The van der Waals surface area contributed by atoms with Crippen LogP contribution in [-0.2, 0) is 16.0 Å². The molecule has 1 atom stereocenters. The Kier molecular flexibility index (Phi) is 7.12. The first-order chi connectivity index (χ1) is 15.5. The molecule has 1 aliphatic rings. The normalized spacial score (nSPS) is 15.9. The fourth-order valence-corrected chi connectivity index (χ4v) is 4.44. The molecule has 0 radical (unpaired) electrons. The van der Waals surface area contributed by atoms with E-state index in [0.717, 1.165) is 41.6 Å². The number of aryl methyl sites for hydroxylation is 3. The first kappa shape index (κ1) is 22.8. The summed E-state index contributed by atoms with van der Waals surface area (Å²) in [4.78, 5) is 24.0. The number of nitrogens with one attached hydrogen (secondary N) is 1. The second kappa shape index (κ2) is 10.0. The highest BCUT2D eigenvalue weighted by Crippen LogP contribution is 2.23. The third kappa shape index (κ3) is 4.97. The van der Waals surface area contributed by atoms with Gasteiger partial charge < -0.3 is 14.5 Å². The Hall–Kier alpha value is -2.43. The topological polar surface area (TPSA) is 97.8 Å². The van der Waals surface area contributed by atoms with Gasteiger partial charge in [-0.3, -0.25) is 9.69 Å². The maximum atomic E-state index is 12.7. The maximum Gasteiger partial charge on any atom is 0.253 e. The standard InChI is InChI=1S/C22H30N6O3S/c1-14-5-7-19(31-14)18(27-9-11-30-12-10-27)13-23-20(29)8-6-17-15(2)24-21-25-22(32-4)26-28(21)16(17)3/h5,7,18H,6,8-13H2,1-4H3,(H,23,29)/t18-/m1/s1.